The predicted molar refractivity (Wildman–Crippen MR) is 150 cm³/mol. The molecule has 1 aliphatic rings. The van der Waals surface area contributed by atoms with Crippen LogP contribution in [0, 0.1) is 0 Å². The van der Waals surface area contributed by atoms with E-state index in [-0.39, 0.29) is 6.04 Å². The average molecular weight is 501 g/mol. The third kappa shape index (κ3) is 5.69. The Labute approximate surface area is 220 Å². The lowest BCUT2D eigenvalue weighted by atomic mass is 10.0. The van der Waals surface area contributed by atoms with Crippen LogP contribution in [0.1, 0.15) is 42.5 Å². The molecule has 0 saturated heterocycles. The van der Waals surface area contributed by atoms with Gasteiger partial charge in [-0.2, -0.15) is 0 Å². The van der Waals surface area contributed by atoms with Gasteiger partial charge < -0.3 is 18.9 Å². The largest absolute Gasteiger partial charge is 0.496 e. The summed E-state index contributed by atoms with van der Waals surface area (Å²) in [6, 6.07) is 20.2. The number of anilines is 1. The molecule has 3 aromatic carbocycles. The van der Waals surface area contributed by atoms with E-state index in [0.29, 0.717) is 0 Å². The van der Waals surface area contributed by atoms with Crippen molar-refractivity contribution in [3.63, 3.8) is 0 Å². The Morgan fingerprint density at radius 2 is 1.32 bits per heavy atom. The number of rotatable bonds is 11. The topological polar surface area (TPSA) is 52.2 Å². The van der Waals surface area contributed by atoms with E-state index in [0.717, 1.165) is 51.9 Å². The van der Waals surface area contributed by atoms with Crippen molar-refractivity contribution in [3.05, 3.63) is 95.2 Å². The number of unbranched alkanes of at least 4 members (excludes halogenated alkanes) is 1. The number of hydrogen-bond donors (Lipinski definition) is 1. The first kappa shape index (κ1) is 26.0. The highest BCUT2D eigenvalue weighted by Gasteiger charge is 2.31. The van der Waals surface area contributed by atoms with Crippen LogP contribution in [-0.4, -0.2) is 28.4 Å². The van der Waals surface area contributed by atoms with Crippen LogP contribution in [0.25, 0.3) is 6.08 Å². The van der Waals surface area contributed by atoms with Crippen LogP contribution in [0.3, 0.4) is 0 Å². The van der Waals surface area contributed by atoms with Crippen LogP contribution in [0.15, 0.2) is 78.5 Å². The molecule has 6 nitrogen and oxygen atoms in total. The van der Waals surface area contributed by atoms with E-state index in [1.165, 1.54) is 18.4 Å². The number of allylic oxidation sites excluding steroid dienone is 1. The number of aryl methyl sites for hydroxylation is 1. The van der Waals surface area contributed by atoms with Crippen molar-refractivity contribution in [1.82, 2.24) is 5.43 Å². The van der Waals surface area contributed by atoms with Gasteiger partial charge in [-0.15, -0.1) is 0 Å². The molecular formula is C31H36N2O4. The van der Waals surface area contributed by atoms with Crippen LogP contribution in [0.5, 0.6) is 23.0 Å². The Balaban J connectivity index is 1.74. The fourth-order valence-electron chi connectivity index (χ4n) is 4.61. The molecule has 0 radical (unpaired) electrons. The molecule has 0 amide bonds. The average Bonchev–Trinajstić information content (AvgIpc) is 3.38. The van der Waals surface area contributed by atoms with E-state index in [1.807, 2.05) is 48.6 Å². The molecule has 0 fully saturated rings. The second kappa shape index (κ2) is 12.3. The summed E-state index contributed by atoms with van der Waals surface area (Å²) in [5.74, 6) is 3.03. The highest BCUT2D eigenvalue weighted by atomic mass is 16.5. The molecule has 194 valence electrons. The maximum absolute atomic E-state index is 5.76. The number of methoxy groups -OCH3 is 4. The van der Waals surface area contributed by atoms with Gasteiger partial charge >= 0.3 is 0 Å². The van der Waals surface area contributed by atoms with Crippen molar-refractivity contribution in [2.45, 2.75) is 32.2 Å². The van der Waals surface area contributed by atoms with Gasteiger partial charge in [0.1, 0.15) is 29.0 Å². The van der Waals surface area contributed by atoms with Crippen LogP contribution in [0.4, 0.5) is 5.69 Å². The molecule has 0 aliphatic carbocycles. The van der Waals surface area contributed by atoms with Crippen LogP contribution in [0.2, 0.25) is 0 Å². The van der Waals surface area contributed by atoms with Gasteiger partial charge in [0.25, 0.3) is 0 Å². The number of benzene rings is 3. The minimum absolute atomic E-state index is 0.160. The molecule has 0 bridgehead atoms. The Morgan fingerprint density at radius 3 is 1.86 bits per heavy atom. The second-order valence-corrected chi connectivity index (χ2v) is 8.80. The van der Waals surface area contributed by atoms with E-state index >= 15 is 0 Å². The van der Waals surface area contributed by atoms with Gasteiger partial charge in [-0.3, -0.25) is 10.4 Å². The zero-order valence-electron chi connectivity index (χ0n) is 22.3. The van der Waals surface area contributed by atoms with Crippen molar-refractivity contribution in [1.29, 1.82) is 0 Å². The lowest BCUT2D eigenvalue weighted by molar-refractivity contribution is 0.381. The number of hydrazine groups is 1. The Morgan fingerprint density at radius 1 is 0.757 bits per heavy atom. The summed E-state index contributed by atoms with van der Waals surface area (Å²) in [6.07, 6.45) is 9.66. The number of hydrogen-bond acceptors (Lipinski definition) is 6. The predicted octanol–water partition coefficient (Wildman–Crippen LogP) is 6.73. The van der Waals surface area contributed by atoms with Gasteiger partial charge in [0.05, 0.1) is 51.0 Å². The summed E-state index contributed by atoms with van der Waals surface area (Å²) in [7, 11) is 6.70. The van der Waals surface area contributed by atoms with Gasteiger partial charge in [-0.05, 0) is 73.0 Å². The molecule has 0 saturated carbocycles. The SMILES string of the molecule is CCCCc1ccc(N2NC(C=Cc3c(OC)cccc3OC)=CC2c2c(OC)cccc2OC)cc1. The van der Waals surface area contributed by atoms with E-state index in [4.69, 9.17) is 18.9 Å². The van der Waals surface area contributed by atoms with Gasteiger partial charge in [0, 0.05) is 0 Å². The molecule has 1 unspecified atom stereocenters. The van der Waals surface area contributed by atoms with E-state index in [2.05, 4.69) is 47.7 Å². The maximum Gasteiger partial charge on any atom is 0.129 e. The molecule has 0 aromatic heterocycles. The Kier molecular flexibility index (Phi) is 8.62. The molecular weight excluding hydrogens is 464 g/mol. The summed E-state index contributed by atoms with van der Waals surface area (Å²) in [6.45, 7) is 2.22. The van der Waals surface area contributed by atoms with Crippen molar-refractivity contribution >= 4 is 11.8 Å². The van der Waals surface area contributed by atoms with Crippen LogP contribution in [-0.2, 0) is 6.42 Å². The lowest BCUT2D eigenvalue weighted by Crippen LogP contribution is -2.34. The first-order chi connectivity index (χ1) is 18.1. The smallest absolute Gasteiger partial charge is 0.129 e. The first-order valence-corrected chi connectivity index (χ1v) is 12.6. The number of ether oxygens (including phenoxy) is 4. The third-order valence-corrected chi connectivity index (χ3v) is 6.56. The van der Waals surface area contributed by atoms with Gasteiger partial charge in [0.15, 0.2) is 0 Å². The van der Waals surface area contributed by atoms with Crippen molar-refractivity contribution in [2.24, 2.45) is 0 Å². The Bertz CT molecular complexity index is 1210. The fourth-order valence-corrected chi connectivity index (χ4v) is 4.61. The second-order valence-electron chi connectivity index (χ2n) is 8.80. The maximum atomic E-state index is 5.76. The number of nitrogens with one attached hydrogen (secondary N) is 1. The molecule has 1 N–H and O–H groups in total. The first-order valence-electron chi connectivity index (χ1n) is 12.6. The molecule has 37 heavy (non-hydrogen) atoms. The summed E-state index contributed by atoms with van der Waals surface area (Å²) in [5, 5.41) is 2.14. The van der Waals surface area contributed by atoms with E-state index < -0.39 is 0 Å². The van der Waals surface area contributed by atoms with Gasteiger partial charge in [0.2, 0.25) is 0 Å². The number of nitrogens with zero attached hydrogens (tertiary/aromatic N) is 1. The monoisotopic (exact) mass is 500 g/mol. The molecule has 6 heteroatoms. The van der Waals surface area contributed by atoms with Crippen LogP contribution >= 0.6 is 0 Å². The minimum atomic E-state index is -0.160. The molecule has 3 aromatic rings. The normalized spacial score (nSPS) is 14.9. The third-order valence-electron chi connectivity index (χ3n) is 6.56. The van der Waals surface area contributed by atoms with E-state index in [9.17, 15) is 0 Å². The summed E-state index contributed by atoms with van der Waals surface area (Å²) in [5.41, 5.74) is 8.73. The van der Waals surface area contributed by atoms with Crippen LogP contribution < -0.4 is 29.4 Å². The van der Waals surface area contributed by atoms with Crippen molar-refractivity contribution < 1.29 is 18.9 Å². The quantitative estimate of drug-likeness (QED) is 0.315. The molecule has 1 aliphatic heterocycles. The summed E-state index contributed by atoms with van der Waals surface area (Å²) >= 11 is 0. The molecule has 1 heterocycles. The van der Waals surface area contributed by atoms with Crippen molar-refractivity contribution in [3.8, 4) is 23.0 Å². The fraction of sp³-hybridized carbons (Fsp3) is 0.290. The summed E-state index contributed by atoms with van der Waals surface area (Å²) in [4.78, 5) is 0. The summed E-state index contributed by atoms with van der Waals surface area (Å²) < 4.78 is 22.7. The highest BCUT2D eigenvalue weighted by Crippen LogP contribution is 2.42. The molecule has 0 spiro atoms. The Hall–Kier alpha value is -4.06. The van der Waals surface area contributed by atoms with E-state index in [1.54, 1.807) is 28.4 Å². The zero-order chi connectivity index (χ0) is 26.2. The lowest BCUT2D eigenvalue weighted by Gasteiger charge is -2.29. The van der Waals surface area contributed by atoms with Gasteiger partial charge in [-0.1, -0.05) is 37.6 Å². The molecule has 4 rings (SSSR count). The zero-order valence-corrected chi connectivity index (χ0v) is 22.3. The standard InChI is InChI=1S/C31H36N2O4/c1-6-7-10-22-15-18-24(19-16-22)33-26(31-29(36-4)13-9-14-30(31)37-5)21-23(32-33)17-20-25-27(34-2)11-8-12-28(25)35-3/h8-9,11-21,26,32H,6-7,10H2,1-5H3. The highest BCUT2D eigenvalue weighted by molar-refractivity contribution is 5.67. The van der Waals surface area contributed by atoms with Crippen molar-refractivity contribution in [2.75, 3.05) is 33.4 Å². The minimum Gasteiger partial charge on any atom is -0.496 e. The van der Waals surface area contributed by atoms with Gasteiger partial charge in [-0.25, -0.2) is 0 Å². The molecule has 1 atom stereocenters.